The summed E-state index contributed by atoms with van der Waals surface area (Å²) in [6.45, 7) is 3.78. The number of amides is 2. The molecule has 134 valence electrons. The Morgan fingerprint density at radius 3 is 2.12 bits per heavy atom. The molecule has 2 unspecified atom stereocenters. The van der Waals surface area contributed by atoms with Crippen LogP contribution in [-0.4, -0.2) is 40.9 Å². The third-order valence-electron chi connectivity index (χ3n) is 5.40. The summed E-state index contributed by atoms with van der Waals surface area (Å²) in [7, 11) is 0. The standard InChI is InChI=1S/C19H24N2O4/c1-12-8-10-21(11-9-12)18(23)13-2-4-14(5-3-13)20-17(22)15-6-7-16(15)19(24)25/h2-5,12,15-16H,6-11H2,1H3,(H,20,22)(H,24,25). The zero-order valence-corrected chi connectivity index (χ0v) is 14.4. The largest absolute Gasteiger partial charge is 0.481 e. The number of carbonyl (C=O) groups excluding carboxylic acids is 2. The van der Waals surface area contributed by atoms with Gasteiger partial charge in [-0.05, 0) is 55.9 Å². The molecule has 1 aliphatic carbocycles. The molecule has 2 aliphatic rings. The number of carboxylic acid groups (broad SMARTS) is 1. The quantitative estimate of drug-likeness (QED) is 0.879. The topological polar surface area (TPSA) is 86.7 Å². The number of nitrogens with zero attached hydrogens (tertiary/aromatic N) is 1. The highest BCUT2D eigenvalue weighted by Gasteiger charge is 2.41. The Kier molecular flexibility index (Phi) is 5.06. The van der Waals surface area contributed by atoms with Gasteiger partial charge < -0.3 is 15.3 Å². The van der Waals surface area contributed by atoms with Crippen molar-refractivity contribution in [2.75, 3.05) is 18.4 Å². The Morgan fingerprint density at radius 2 is 1.60 bits per heavy atom. The summed E-state index contributed by atoms with van der Waals surface area (Å²) in [5.41, 5.74) is 1.20. The van der Waals surface area contributed by atoms with E-state index < -0.39 is 17.8 Å². The molecule has 0 aromatic heterocycles. The van der Waals surface area contributed by atoms with Crippen LogP contribution in [-0.2, 0) is 9.59 Å². The molecule has 3 rings (SSSR count). The predicted molar refractivity (Wildman–Crippen MR) is 93.2 cm³/mol. The monoisotopic (exact) mass is 344 g/mol. The van der Waals surface area contributed by atoms with Crippen LogP contribution in [0, 0.1) is 17.8 Å². The van der Waals surface area contributed by atoms with Gasteiger partial charge >= 0.3 is 5.97 Å². The molecule has 1 aromatic carbocycles. The van der Waals surface area contributed by atoms with Crippen molar-refractivity contribution in [2.45, 2.75) is 32.6 Å². The number of carbonyl (C=O) groups is 3. The van der Waals surface area contributed by atoms with Gasteiger partial charge in [0.05, 0.1) is 11.8 Å². The first-order valence-corrected chi connectivity index (χ1v) is 8.88. The molecule has 0 radical (unpaired) electrons. The Labute approximate surface area is 147 Å². The molecule has 2 N–H and O–H groups in total. The molecule has 0 spiro atoms. The molecule has 25 heavy (non-hydrogen) atoms. The van der Waals surface area contributed by atoms with Crippen molar-refractivity contribution < 1.29 is 19.5 Å². The second-order valence-electron chi connectivity index (χ2n) is 7.17. The third kappa shape index (κ3) is 3.83. The smallest absolute Gasteiger partial charge is 0.307 e. The van der Waals surface area contributed by atoms with Gasteiger partial charge in [0.1, 0.15) is 0 Å². The van der Waals surface area contributed by atoms with Crippen molar-refractivity contribution in [2.24, 2.45) is 17.8 Å². The summed E-state index contributed by atoms with van der Waals surface area (Å²) >= 11 is 0. The highest BCUT2D eigenvalue weighted by atomic mass is 16.4. The van der Waals surface area contributed by atoms with Crippen LogP contribution >= 0.6 is 0 Å². The lowest BCUT2D eigenvalue weighted by atomic mass is 9.73. The highest BCUT2D eigenvalue weighted by Crippen LogP contribution is 2.35. The van der Waals surface area contributed by atoms with Crippen LogP contribution < -0.4 is 5.32 Å². The van der Waals surface area contributed by atoms with E-state index in [0.717, 1.165) is 25.9 Å². The van der Waals surface area contributed by atoms with Gasteiger partial charge in [-0.15, -0.1) is 0 Å². The maximum Gasteiger partial charge on any atom is 0.307 e. The summed E-state index contributed by atoms with van der Waals surface area (Å²) in [6, 6.07) is 6.83. The molecule has 0 bridgehead atoms. The van der Waals surface area contributed by atoms with Crippen LogP contribution in [0.3, 0.4) is 0 Å². The minimum Gasteiger partial charge on any atom is -0.481 e. The number of nitrogens with one attached hydrogen (secondary N) is 1. The van der Waals surface area contributed by atoms with Gasteiger partial charge in [0.2, 0.25) is 5.91 Å². The van der Waals surface area contributed by atoms with Crippen LogP contribution in [0.2, 0.25) is 0 Å². The fourth-order valence-corrected chi connectivity index (χ4v) is 3.43. The molecule has 1 heterocycles. The molecule has 2 atom stereocenters. The van der Waals surface area contributed by atoms with Gasteiger partial charge in [0.25, 0.3) is 5.91 Å². The lowest BCUT2D eigenvalue weighted by molar-refractivity contribution is -0.151. The van der Waals surface area contributed by atoms with Crippen molar-refractivity contribution in [1.29, 1.82) is 0 Å². The Morgan fingerprint density at radius 1 is 1.00 bits per heavy atom. The molecular formula is C19H24N2O4. The molecular weight excluding hydrogens is 320 g/mol. The lowest BCUT2D eigenvalue weighted by Crippen LogP contribution is -2.41. The van der Waals surface area contributed by atoms with Gasteiger partial charge in [-0.1, -0.05) is 6.92 Å². The summed E-state index contributed by atoms with van der Waals surface area (Å²) < 4.78 is 0. The van der Waals surface area contributed by atoms with Crippen LogP contribution in [0.15, 0.2) is 24.3 Å². The van der Waals surface area contributed by atoms with Gasteiger partial charge in [-0.25, -0.2) is 0 Å². The Balaban J connectivity index is 1.58. The number of benzene rings is 1. The zero-order valence-electron chi connectivity index (χ0n) is 14.4. The van der Waals surface area contributed by atoms with Crippen molar-refractivity contribution in [3.63, 3.8) is 0 Å². The van der Waals surface area contributed by atoms with Gasteiger partial charge in [-0.3, -0.25) is 14.4 Å². The van der Waals surface area contributed by atoms with Crippen LogP contribution in [0.25, 0.3) is 0 Å². The van der Waals surface area contributed by atoms with Crippen molar-refractivity contribution in [1.82, 2.24) is 4.90 Å². The minimum atomic E-state index is -0.914. The van der Waals surface area contributed by atoms with E-state index in [1.54, 1.807) is 24.3 Å². The molecule has 1 aliphatic heterocycles. The second-order valence-corrected chi connectivity index (χ2v) is 7.17. The number of aliphatic carboxylic acids is 1. The fourth-order valence-electron chi connectivity index (χ4n) is 3.43. The number of anilines is 1. The van der Waals surface area contributed by atoms with Gasteiger partial charge in [0.15, 0.2) is 0 Å². The van der Waals surface area contributed by atoms with Crippen LogP contribution in [0.4, 0.5) is 5.69 Å². The number of carboxylic acids is 1. The zero-order chi connectivity index (χ0) is 18.0. The van der Waals surface area contributed by atoms with E-state index in [0.29, 0.717) is 30.0 Å². The predicted octanol–water partition coefficient (Wildman–Crippen LogP) is 2.61. The van der Waals surface area contributed by atoms with Crippen molar-refractivity contribution in [3.8, 4) is 0 Å². The summed E-state index contributed by atoms with van der Waals surface area (Å²) in [5, 5.41) is 11.8. The Hall–Kier alpha value is -2.37. The number of hydrogen-bond donors (Lipinski definition) is 2. The third-order valence-corrected chi connectivity index (χ3v) is 5.40. The fraction of sp³-hybridized carbons (Fsp3) is 0.526. The second kappa shape index (κ2) is 7.25. The summed E-state index contributed by atoms with van der Waals surface area (Å²) in [5.74, 6) is -1.53. The first-order valence-electron chi connectivity index (χ1n) is 8.88. The number of rotatable bonds is 4. The SMILES string of the molecule is CC1CCN(C(=O)c2ccc(NC(=O)C3CCC3C(=O)O)cc2)CC1. The molecule has 1 aromatic rings. The average molecular weight is 344 g/mol. The highest BCUT2D eigenvalue weighted by molar-refractivity contribution is 5.97. The first-order chi connectivity index (χ1) is 12.0. The lowest BCUT2D eigenvalue weighted by Gasteiger charge is -2.32. The maximum atomic E-state index is 12.5. The molecule has 6 nitrogen and oxygen atoms in total. The van der Waals surface area contributed by atoms with E-state index in [4.69, 9.17) is 5.11 Å². The molecule has 2 amide bonds. The van der Waals surface area contributed by atoms with E-state index in [9.17, 15) is 14.4 Å². The van der Waals surface area contributed by atoms with E-state index in [1.807, 2.05) is 4.90 Å². The molecule has 1 saturated carbocycles. The van der Waals surface area contributed by atoms with Gasteiger partial charge in [0, 0.05) is 24.3 Å². The molecule has 2 fully saturated rings. The van der Waals surface area contributed by atoms with Crippen LogP contribution in [0.1, 0.15) is 43.0 Å². The average Bonchev–Trinajstić information content (AvgIpc) is 2.54. The molecule has 1 saturated heterocycles. The maximum absolute atomic E-state index is 12.5. The minimum absolute atomic E-state index is 0.0229. The number of likely N-dealkylation sites (tertiary alicyclic amines) is 1. The summed E-state index contributed by atoms with van der Waals surface area (Å²) in [6.07, 6.45) is 3.22. The first kappa shape index (κ1) is 17.5. The van der Waals surface area contributed by atoms with E-state index in [-0.39, 0.29) is 11.8 Å². The number of piperidine rings is 1. The van der Waals surface area contributed by atoms with Gasteiger partial charge in [-0.2, -0.15) is 0 Å². The van der Waals surface area contributed by atoms with Crippen LogP contribution in [0.5, 0.6) is 0 Å². The van der Waals surface area contributed by atoms with E-state index in [1.165, 1.54) is 0 Å². The number of hydrogen-bond acceptors (Lipinski definition) is 3. The van der Waals surface area contributed by atoms with Crippen molar-refractivity contribution in [3.05, 3.63) is 29.8 Å². The molecule has 6 heteroatoms. The van der Waals surface area contributed by atoms with E-state index in [2.05, 4.69) is 12.2 Å². The summed E-state index contributed by atoms with van der Waals surface area (Å²) in [4.78, 5) is 37.5. The normalized spacial score (nSPS) is 23.6. The van der Waals surface area contributed by atoms with Crippen molar-refractivity contribution >= 4 is 23.5 Å². The van der Waals surface area contributed by atoms with E-state index >= 15 is 0 Å². The Bertz CT molecular complexity index is 663.